The van der Waals surface area contributed by atoms with Crippen molar-refractivity contribution in [3.63, 3.8) is 0 Å². The first-order valence-electron chi connectivity index (χ1n) is 9.14. The lowest BCUT2D eigenvalue weighted by Crippen LogP contribution is -2.23. The number of ether oxygens (including phenoxy) is 1. The van der Waals surface area contributed by atoms with Crippen molar-refractivity contribution in [2.24, 2.45) is 10.7 Å². The van der Waals surface area contributed by atoms with Crippen molar-refractivity contribution in [3.8, 4) is 5.75 Å². The summed E-state index contributed by atoms with van der Waals surface area (Å²) in [6.07, 6.45) is 2.21. The van der Waals surface area contributed by atoms with Gasteiger partial charge in [0.25, 0.3) is 0 Å². The molecule has 2 aromatic rings. The average molecular weight is 405 g/mol. The summed E-state index contributed by atoms with van der Waals surface area (Å²) in [5, 5.41) is 3.06. The molecule has 8 heteroatoms. The van der Waals surface area contributed by atoms with Gasteiger partial charge in [0.2, 0.25) is 10.0 Å². The van der Waals surface area contributed by atoms with Crippen LogP contribution in [0.5, 0.6) is 5.75 Å². The lowest BCUT2D eigenvalue weighted by molar-refractivity contribution is 0.329. The smallest absolute Gasteiger partial charge is 0.229 e. The van der Waals surface area contributed by atoms with Crippen LogP contribution in [0.15, 0.2) is 53.5 Å². The Morgan fingerprint density at radius 2 is 1.71 bits per heavy atom. The van der Waals surface area contributed by atoms with Gasteiger partial charge in [-0.3, -0.25) is 4.72 Å². The van der Waals surface area contributed by atoms with Gasteiger partial charge in [-0.05, 0) is 54.3 Å². The largest absolute Gasteiger partial charge is 0.492 e. The van der Waals surface area contributed by atoms with E-state index < -0.39 is 10.0 Å². The monoisotopic (exact) mass is 404 g/mol. The molecule has 0 saturated heterocycles. The summed E-state index contributed by atoms with van der Waals surface area (Å²) in [5.41, 5.74) is 8.59. The molecular weight excluding hydrogens is 376 g/mol. The van der Waals surface area contributed by atoms with E-state index in [1.807, 2.05) is 12.1 Å². The highest BCUT2D eigenvalue weighted by atomic mass is 32.2. The zero-order valence-corrected chi connectivity index (χ0v) is 17.3. The molecule has 0 aliphatic carbocycles. The van der Waals surface area contributed by atoms with Gasteiger partial charge in [-0.25, -0.2) is 13.4 Å². The summed E-state index contributed by atoms with van der Waals surface area (Å²) in [6.45, 7) is 5.12. The number of hydrogen-bond acceptors (Lipinski definition) is 4. The maximum absolute atomic E-state index is 11.2. The van der Waals surface area contributed by atoms with Crippen LogP contribution in [0.1, 0.15) is 31.7 Å². The second-order valence-corrected chi connectivity index (χ2v) is 8.32. The van der Waals surface area contributed by atoms with E-state index in [4.69, 9.17) is 10.5 Å². The molecule has 28 heavy (non-hydrogen) atoms. The number of anilines is 2. The first kappa shape index (κ1) is 21.6. The quantitative estimate of drug-likeness (QED) is 0.337. The van der Waals surface area contributed by atoms with Crippen molar-refractivity contribution in [2.75, 3.05) is 29.4 Å². The number of aliphatic imine (C=N–C) groups is 1. The molecule has 1 unspecified atom stereocenters. The Hall–Kier alpha value is -2.74. The normalized spacial score (nSPS) is 13.0. The highest BCUT2D eigenvalue weighted by Gasteiger charge is 2.03. The van der Waals surface area contributed by atoms with E-state index in [0.29, 0.717) is 36.5 Å². The van der Waals surface area contributed by atoms with E-state index in [1.54, 1.807) is 24.3 Å². The molecule has 2 rings (SSSR count). The van der Waals surface area contributed by atoms with Crippen LogP contribution in [-0.2, 0) is 10.0 Å². The number of nitrogens with two attached hydrogens (primary N) is 1. The van der Waals surface area contributed by atoms with Crippen LogP contribution in [0.4, 0.5) is 11.4 Å². The fraction of sp³-hybridized carbons (Fsp3) is 0.350. The number of benzene rings is 2. The summed E-state index contributed by atoms with van der Waals surface area (Å²) >= 11 is 0. The Labute approximate surface area is 167 Å². The van der Waals surface area contributed by atoms with Gasteiger partial charge in [-0.1, -0.05) is 26.0 Å². The lowest BCUT2D eigenvalue weighted by Gasteiger charge is -2.11. The second kappa shape index (κ2) is 9.98. The Bertz CT molecular complexity index is 879. The van der Waals surface area contributed by atoms with Crippen LogP contribution in [0.3, 0.4) is 0 Å². The number of guanidine groups is 1. The fourth-order valence-corrected chi connectivity index (χ4v) is 3.05. The van der Waals surface area contributed by atoms with E-state index in [2.05, 4.69) is 41.0 Å². The van der Waals surface area contributed by atoms with Gasteiger partial charge in [0.15, 0.2) is 5.96 Å². The molecule has 0 amide bonds. The first-order chi connectivity index (χ1) is 13.3. The summed E-state index contributed by atoms with van der Waals surface area (Å²) < 4.78 is 30.3. The molecule has 0 aliphatic rings. The van der Waals surface area contributed by atoms with Crippen molar-refractivity contribution in [1.29, 1.82) is 0 Å². The van der Waals surface area contributed by atoms with E-state index in [-0.39, 0.29) is 0 Å². The molecule has 1 atom stereocenters. The number of nitrogens with one attached hydrogen (secondary N) is 2. The standard InChI is InChI=1S/C20H28N4O3S/c1-4-15(2)16-5-7-17(8-6-16)23-20(21)22-13-14-27-19-11-9-18(10-12-19)24-28(3,25)26/h5-12,15,24H,4,13-14H2,1-3H3,(H3,21,22,23). The van der Waals surface area contributed by atoms with Crippen molar-refractivity contribution < 1.29 is 13.2 Å². The zero-order chi connectivity index (χ0) is 20.6. The number of rotatable bonds is 9. The molecule has 0 fully saturated rings. The lowest BCUT2D eigenvalue weighted by atomic mass is 9.99. The average Bonchev–Trinajstić information content (AvgIpc) is 2.65. The van der Waals surface area contributed by atoms with Crippen LogP contribution in [0.25, 0.3) is 0 Å². The molecular formula is C20H28N4O3S. The van der Waals surface area contributed by atoms with Gasteiger partial charge in [0.05, 0.1) is 12.8 Å². The summed E-state index contributed by atoms with van der Waals surface area (Å²) in [6, 6.07) is 14.8. The van der Waals surface area contributed by atoms with Crippen LogP contribution in [0.2, 0.25) is 0 Å². The summed E-state index contributed by atoms with van der Waals surface area (Å²) in [4.78, 5) is 4.24. The highest BCUT2D eigenvalue weighted by molar-refractivity contribution is 7.92. The van der Waals surface area contributed by atoms with Gasteiger partial charge >= 0.3 is 0 Å². The summed E-state index contributed by atoms with van der Waals surface area (Å²) in [5.74, 6) is 1.49. The van der Waals surface area contributed by atoms with Crippen molar-refractivity contribution in [3.05, 3.63) is 54.1 Å². The minimum absolute atomic E-state index is 0.326. The molecule has 4 N–H and O–H groups in total. The SMILES string of the molecule is CCC(C)c1ccc(NC(N)=NCCOc2ccc(NS(C)(=O)=O)cc2)cc1. The molecule has 7 nitrogen and oxygen atoms in total. The van der Waals surface area contributed by atoms with Gasteiger partial charge in [-0.15, -0.1) is 0 Å². The first-order valence-corrected chi connectivity index (χ1v) is 11.0. The fourth-order valence-electron chi connectivity index (χ4n) is 2.48. The van der Waals surface area contributed by atoms with Crippen LogP contribution in [0, 0.1) is 0 Å². The van der Waals surface area contributed by atoms with Crippen molar-refractivity contribution in [1.82, 2.24) is 0 Å². The Balaban J connectivity index is 1.77. The number of sulfonamides is 1. The van der Waals surface area contributed by atoms with E-state index >= 15 is 0 Å². The molecule has 152 valence electrons. The Kier molecular flexibility index (Phi) is 7.69. The number of hydrogen-bond donors (Lipinski definition) is 3. The van der Waals surface area contributed by atoms with E-state index in [1.165, 1.54) is 5.56 Å². The van der Waals surface area contributed by atoms with Gasteiger partial charge < -0.3 is 15.8 Å². The molecule has 0 saturated carbocycles. The molecule has 0 bridgehead atoms. The molecule has 0 radical (unpaired) electrons. The zero-order valence-electron chi connectivity index (χ0n) is 16.5. The third kappa shape index (κ3) is 7.48. The summed E-state index contributed by atoms with van der Waals surface area (Å²) in [7, 11) is -3.28. The van der Waals surface area contributed by atoms with E-state index in [0.717, 1.165) is 18.4 Å². The van der Waals surface area contributed by atoms with Crippen LogP contribution >= 0.6 is 0 Å². The second-order valence-electron chi connectivity index (χ2n) is 6.57. The maximum Gasteiger partial charge on any atom is 0.229 e. The van der Waals surface area contributed by atoms with Crippen molar-refractivity contribution >= 4 is 27.4 Å². The molecule has 0 aromatic heterocycles. The van der Waals surface area contributed by atoms with Crippen molar-refractivity contribution in [2.45, 2.75) is 26.2 Å². The predicted octanol–water partition coefficient (Wildman–Crippen LogP) is 3.38. The molecule has 0 heterocycles. The van der Waals surface area contributed by atoms with Gasteiger partial charge in [-0.2, -0.15) is 0 Å². The third-order valence-corrected chi connectivity index (χ3v) is 4.77. The third-order valence-electron chi connectivity index (χ3n) is 4.16. The maximum atomic E-state index is 11.2. The van der Waals surface area contributed by atoms with Crippen LogP contribution < -0.4 is 20.5 Å². The Morgan fingerprint density at radius 1 is 1.11 bits per heavy atom. The van der Waals surface area contributed by atoms with Crippen LogP contribution in [-0.4, -0.2) is 33.8 Å². The Morgan fingerprint density at radius 3 is 2.29 bits per heavy atom. The van der Waals surface area contributed by atoms with Gasteiger partial charge in [0.1, 0.15) is 12.4 Å². The molecule has 0 spiro atoms. The number of nitrogens with zero attached hydrogens (tertiary/aromatic N) is 1. The molecule has 2 aromatic carbocycles. The molecule has 0 aliphatic heterocycles. The predicted molar refractivity (Wildman–Crippen MR) is 116 cm³/mol. The minimum Gasteiger partial charge on any atom is -0.492 e. The highest BCUT2D eigenvalue weighted by Crippen LogP contribution is 2.20. The minimum atomic E-state index is -3.28. The van der Waals surface area contributed by atoms with E-state index in [9.17, 15) is 8.42 Å². The topological polar surface area (TPSA) is 106 Å². The van der Waals surface area contributed by atoms with Gasteiger partial charge in [0, 0.05) is 11.4 Å².